The maximum absolute atomic E-state index is 10.9. The van der Waals surface area contributed by atoms with Crippen LogP contribution in [0.1, 0.15) is 26.2 Å². The molecule has 15 heavy (non-hydrogen) atoms. The molecule has 0 saturated heterocycles. The maximum atomic E-state index is 10.9. The molecule has 0 aliphatic heterocycles. The van der Waals surface area contributed by atoms with Crippen LogP contribution in [0.2, 0.25) is 0 Å². The van der Waals surface area contributed by atoms with Gasteiger partial charge >= 0.3 is 0 Å². The minimum absolute atomic E-state index is 0.0588. The summed E-state index contributed by atoms with van der Waals surface area (Å²) in [5.74, 6) is -0.508. The third-order valence-corrected chi connectivity index (χ3v) is 2.60. The summed E-state index contributed by atoms with van der Waals surface area (Å²) in [6.07, 6.45) is 2.10. The Bertz CT molecular complexity index is 202. The Morgan fingerprint density at radius 3 is 2.60 bits per heavy atom. The third-order valence-electron chi connectivity index (χ3n) is 2.03. The van der Waals surface area contributed by atoms with Gasteiger partial charge in [-0.1, -0.05) is 13.3 Å². The number of primary amides is 1. The minimum Gasteiger partial charge on any atom is -0.367 e. The quantitative estimate of drug-likeness (QED) is 0.556. The summed E-state index contributed by atoms with van der Waals surface area (Å²) in [5, 5.41) is 0. The number of carbonyl (C=O) groups is 1. The van der Waals surface area contributed by atoms with Gasteiger partial charge in [0.2, 0.25) is 5.91 Å². The molecule has 0 radical (unpaired) electrons. The molecule has 6 heteroatoms. The molecule has 0 aliphatic rings. The lowest BCUT2D eigenvalue weighted by Crippen LogP contribution is -2.36. The van der Waals surface area contributed by atoms with Crippen LogP contribution in [0.5, 0.6) is 0 Å². The van der Waals surface area contributed by atoms with Crippen LogP contribution in [-0.2, 0) is 14.1 Å². The summed E-state index contributed by atoms with van der Waals surface area (Å²) in [7, 11) is -0.851. The van der Waals surface area contributed by atoms with Gasteiger partial charge in [0.15, 0.2) is 0 Å². The van der Waals surface area contributed by atoms with Crippen molar-refractivity contribution in [2.45, 2.75) is 38.3 Å². The minimum atomic E-state index is -0.851. The number of ether oxygens (including phenoxy) is 1. The standard InChI is InChI=1S/C9H21N2O3P/c1-2-3-7(10)6-14-8(9(11)12)4-5-15-13/h7-8H,2-6,10,15H2,1H3,(H2,11,12). The molecule has 0 heterocycles. The Morgan fingerprint density at radius 1 is 1.47 bits per heavy atom. The number of rotatable bonds is 9. The van der Waals surface area contributed by atoms with Gasteiger partial charge in [-0.05, 0) is 19.0 Å². The molecule has 0 fully saturated rings. The Morgan fingerprint density at radius 2 is 2.13 bits per heavy atom. The first-order valence-corrected chi connectivity index (χ1v) is 6.50. The molecule has 0 aromatic carbocycles. The van der Waals surface area contributed by atoms with Crippen LogP contribution in [0.3, 0.4) is 0 Å². The average molecular weight is 236 g/mol. The molecule has 4 N–H and O–H groups in total. The van der Waals surface area contributed by atoms with E-state index in [1.54, 1.807) is 0 Å². The molecule has 0 aliphatic carbocycles. The van der Waals surface area contributed by atoms with Crippen molar-refractivity contribution in [1.29, 1.82) is 0 Å². The number of amides is 1. The Hall–Kier alpha value is -0.380. The highest BCUT2D eigenvalue weighted by Gasteiger charge is 2.16. The van der Waals surface area contributed by atoms with Crippen molar-refractivity contribution < 1.29 is 14.1 Å². The van der Waals surface area contributed by atoms with E-state index in [1.807, 2.05) is 6.92 Å². The fourth-order valence-corrected chi connectivity index (χ4v) is 1.66. The molecule has 90 valence electrons. The summed E-state index contributed by atoms with van der Waals surface area (Å²) >= 11 is 0. The monoisotopic (exact) mass is 236 g/mol. The number of hydrogen-bond donors (Lipinski definition) is 2. The van der Waals surface area contributed by atoms with Crippen molar-refractivity contribution in [3.8, 4) is 0 Å². The largest absolute Gasteiger partial charge is 0.367 e. The van der Waals surface area contributed by atoms with Crippen LogP contribution in [0.15, 0.2) is 0 Å². The summed E-state index contributed by atoms with van der Waals surface area (Å²) in [6.45, 7) is 2.36. The zero-order valence-electron chi connectivity index (χ0n) is 9.15. The van der Waals surface area contributed by atoms with Gasteiger partial charge in [0.05, 0.1) is 15.1 Å². The smallest absolute Gasteiger partial charge is 0.246 e. The lowest BCUT2D eigenvalue weighted by molar-refractivity contribution is -0.129. The molecule has 5 nitrogen and oxygen atoms in total. The summed E-state index contributed by atoms with van der Waals surface area (Å²) in [5.41, 5.74) is 10.9. The predicted molar refractivity (Wildman–Crippen MR) is 61.7 cm³/mol. The van der Waals surface area contributed by atoms with E-state index in [0.717, 1.165) is 12.8 Å². The highest BCUT2D eigenvalue weighted by Crippen LogP contribution is 2.05. The summed E-state index contributed by atoms with van der Waals surface area (Å²) in [6, 6.07) is -0.0588. The first kappa shape index (κ1) is 14.6. The average Bonchev–Trinajstić information content (AvgIpc) is 2.17. The Balaban J connectivity index is 3.84. The van der Waals surface area contributed by atoms with Crippen molar-refractivity contribution in [3.05, 3.63) is 0 Å². The van der Waals surface area contributed by atoms with E-state index in [1.165, 1.54) is 0 Å². The van der Waals surface area contributed by atoms with Crippen LogP contribution in [0, 0.1) is 0 Å². The molecular weight excluding hydrogens is 215 g/mol. The number of carbonyl (C=O) groups excluding carboxylic acids is 1. The molecule has 0 aromatic heterocycles. The fraction of sp³-hybridized carbons (Fsp3) is 0.889. The lowest BCUT2D eigenvalue weighted by Gasteiger charge is -2.16. The van der Waals surface area contributed by atoms with Crippen LogP contribution in [0.4, 0.5) is 0 Å². The normalized spacial score (nSPS) is 15.6. The second kappa shape index (κ2) is 8.89. The van der Waals surface area contributed by atoms with Crippen LogP contribution >= 0.6 is 8.46 Å². The van der Waals surface area contributed by atoms with Gasteiger partial charge in [0.25, 0.3) is 0 Å². The highest BCUT2D eigenvalue weighted by molar-refractivity contribution is 7.23. The first-order chi connectivity index (χ1) is 7.11. The predicted octanol–water partition coefficient (Wildman–Crippen LogP) is 0.131. The van der Waals surface area contributed by atoms with E-state index in [4.69, 9.17) is 16.2 Å². The van der Waals surface area contributed by atoms with E-state index in [-0.39, 0.29) is 6.04 Å². The number of nitrogens with two attached hydrogens (primary N) is 2. The molecular formula is C9H21N2O3P. The Labute approximate surface area is 91.7 Å². The zero-order chi connectivity index (χ0) is 11.7. The van der Waals surface area contributed by atoms with E-state index in [2.05, 4.69) is 0 Å². The van der Waals surface area contributed by atoms with Crippen molar-refractivity contribution in [1.82, 2.24) is 0 Å². The van der Waals surface area contributed by atoms with Crippen molar-refractivity contribution in [2.24, 2.45) is 11.5 Å². The molecule has 0 spiro atoms. The van der Waals surface area contributed by atoms with Crippen LogP contribution in [-0.4, -0.2) is 30.8 Å². The van der Waals surface area contributed by atoms with E-state index >= 15 is 0 Å². The van der Waals surface area contributed by atoms with Gasteiger partial charge in [-0.25, -0.2) is 0 Å². The number of hydrogen-bond acceptors (Lipinski definition) is 4. The van der Waals surface area contributed by atoms with Crippen LogP contribution < -0.4 is 11.5 Å². The molecule has 3 unspecified atom stereocenters. The van der Waals surface area contributed by atoms with Gasteiger partial charge in [-0.2, -0.15) is 0 Å². The summed E-state index contributed by atoms with van der Waals surface area (Å²) < 4.78 is 15.6. The van der Waals surface area contributed by atoms with Crippen molar-refractivity contribution in [3.63, 3.8) is 0 Å². The molecule has 0 bridgehead atoms. The third kappa shape index (κ3) is 7.54. The fourth-order valence-electron chi connectivity index (χ4n) is 1.22. The Kier molecular flexibility index (Phi) is 8.67. The topological polar surface area (TPSA) is 95.4 Å². The first-order valence-electron chi connectivity index (χ1n) is 5.21. The SMILES string of the molecule is CCCC(N)COC(CC[PH2]=O)C(N)=O. The van der Waals surface area contributed by atoms with Gasteiger partial charge in [-0.3, -0.25) is 4.79 Å². The van der Waals surface area contributed by atoms with E-state index in [9.17, 15) is 9.36 Å². The molecule has 0 saturated carbocycles. The van der Waals surface area contributed by atoms with E-state index < -0.39 is 20.5 Å². The zero-order valence-corrected chi connectivity index (χ0v) is 10.3. The van der Waals surface area contributed by atoms with E-state index in [0.29, 0.717) is 19.2 Å². The lowest BCUT2D eigenvalue weighted by atomic mass is 10.2. The van der Waals surface area contributed by atoms with Crippen LogP contribution in [0.25, 0.3) is 0 Å². The second-order valence-electron chi connectivity index (χ2n) is 3.52. The second-order valence-corrected chi connectivity index (χ2v) is 4.43. The van der Waals surface area contributed by atoms with Crippen molar-refractivity contribution >= 4 is 14.4 Å². The van der Waals surface area contributed by atoms with Crippen molar-refractivity contribution in [2.75, 3.05) is 12.8 Å². The molecule has 0 aromatic rings. The van der Waals surface area contributed by atoms with Gasteiger partial charge < -0.3 is 20.8 Å². The van der Waals surface area contributed by atoms with Gasteiger partial charge in [-0.15, -0.1) is 0 Å². The molecule has 0 rings (SSSR count). The highest BCUT2D eigenvalue weighted by atomic mass is 31.1. The molecule has 1 amide bonds. The maximum Gasteiger partial charge on any atom is 0.246 e. The van der Waals surface area contributed by atoms with Gasteiger partial charge in [0, 0.05) is 6.04 Å². The molecule has 3 atom stereocenters. The summed E-state index contributed by atoms with van der Waals surface area (Å²) in [4.78, 5) is 10.9. The van der Waals surface area contributed by atoms with Gasteiger partial charge in [0.1, 0.15) is 6.10 Å².